The zero-order valence-electron chi connectivity index (χ0n) is 13.7. The van der Waals surface area contributed by atoms with Gasteiger partial charge in [0.25, 0.3) is 5.91 Å². The van der Waals surface area contributed by atoms with Gasteiger partial charge >= 0.3 is 5.69 Å². The Hall–Kier alpha value is -2.68. The number of hydrogen-bond donors (Lipinski definition) is 2. The Kier molecular flexibility index (Phi) is 4.84. The quantitative estimate of drug-likeness (QED) is 0.601. The van der Waals surface area contributed by atoms with Gasteiger partial charge in [0.05, 0.1) is 11.5 Å². The molecule has 2 N–H and O–H groups in total. The molecule has 1 aromatic rings. The number of phenolic OH excluding ortho intramolecular Hbond substituents is 1. The Balaban J connectivity index is 1.72. The fourth-order valence-corrected chi connectivity index (χ4v) is 3.39. The number of piperidine rings is 1. The lowest BCUT2D eigenvalue weighted by molar-refractivity contribution is -0.385. The third-order valence-electron chi connectivity index (χ3n) is 4.67. The van der Waals surface area contributed by atoms with Gasteiger partial charge in [0.1, 0.15) is 0 Å². The first kappa shape index (κ1) is 17.2. The van der Waals surface area contributed by atoms with E-state index in [0.717, 1.165) is 31.5 Å². The van der Waals surface area contributed by atoms with Crippen molar-refractivity contribution in [1.82, 2.24) is 15.1 Å². The molecule has 1 unspecified atom stereocenters. The highest BCUT2D eigenvalue weighted by Crippen LogP contribution is 2.27. The molecule has 0 radical (unpaired) electrons. The molecule has 25 heavy (non-hydrogen) atoms. The maximum Gasteiger partial charge on any atom is 0.310 e. The number of piperazine rings is 1. The van der Waals surface area contributed by atoms with Gasteiger partial charge in [-0.1, -0.05) is 0 Å². The fraction of sp³-hybridized carbons (Fsp3) is 0.500. The SMILES string of the molecule is O=C(c1ccc([N+](=O)[O-])c(O)c1)N1CCCC(N2CCNCC2=O)C1. The highest BCUT2D eigenvalue weighted by atomic mass is 16.6. The molecule has 1 aromatic carbocycles. The van der Waals surface area contributed by atoms with Crippen LogP contribution in [0.15, 0.2) is 18.2 Å². The van der Waals surface area contributed by atoms with E-state index in [1.807, 2.05) is 4.90 Å². The smallest absolute Gasteiger partial charge is 0.310 e. The molecule has 0 bridgehead atoms. The number of nitrogens with one attached hydrogen (secondary N) is 1. The minimum atomic E-state index is -0.698. The van der Waals surface area contributed by atoms with E-state index < -0.39 is 16.4 Å². The summed E-state index contributed by atoms with van der Waals surface area (Å²) in [6.07, 6.45) is 1.63. The van der Waals surface area contributed by atoms with Gasteiger partial charge in [0.15, 0.2) is 5.75 Å². The van der Waals surface area contributed by atoms with E-state index in [1.165, 1.54) is 6.07 Å². The van der Waals surface area contributed by atoms with Gasteiger partial charge in [0, 0.05) is 43.9 Å². The van der Waals surface area contributed by atoms with Crippen molar-refractivity contribution in [3.8, 4) is 5.75 Å². The number of carbonyl (C=O) groups excluding carboxylic acids is 2. The van der Waals surface area contributed by atoms with Crippen molar-refractivity contribution < 1.29 is 19.6 Å². The van der Waals surface area contributed by atoms with E-state index in [-0.39, 0.29) is 23.4 Å². The van der Waals surface area contributed by atoms with Gasteiger partial charge in [-0.15, -0.1) is 0 Å². The third-order valence-corrected chi connectivity index (χ3v) is 4.67. The molecule has 2 aliphatic rings. The van der Waals surface area contributed by atoms with Crippen molar-refractivity contribution in [2.75, 3.05) is 32.7 Å². The Labute approximate surface area is 144 Å². The molecule has 2 amide bonds. The number of phenols is 1. The molecule has 3 rings (SSSR count). The van der Waals surface area contributed by atoms with Gasteiger partial charge in [-0.2, -0.15) is 0 Å². The van der Waals surface area contributed by atoms with E-state index in [9.17, 15) is 24.8 Å². The summed E-state index contributed by atoms with van der Waals surface area (Å²) in [6, 6.07) is 3.59. The fourth-order valence-electron chi connectivity index (χ4n) is 3.39. The van der Waals surface area contributed by atoms with E-state index in [2.05, 4.69) is 5.32 Å². The van der Waals surface area contributed by atoms with Crippen molar-refractivity contribution in [3.63, 3.8) is 0 Å². The summed E-state index contributed by atoms with van der Waals surface area (Å²) in [5, 5.41) is 23.5. The van der Waals surface area contributed by atoms with Crippen molar-refractivity contribution in [1.29, 1.82) is 0 Å². The van der Waals surface area contributed by atoms with E-state index in [0.29, 0.717) is 26.2 Å². The summed E-state index contributed by atoms with van der Waals surface area (Å²) in [6.45, 7) is 2.69. The maximum absolute atomic E-state index is 12.7. The van der Waals surface area contributed by atoms with Crippen LogP contribution in [0.2, 0.25) is 0 Å². The van der Waals surface area contributed by atoms with Crippen LogP contribution in [0.4, 0.5) is 5.69 Å². The van der Waals surface area contributed by atoms with Gasteiger partial charge in [-0.3, -0.25) is 19.7 Å². The second kappa shape index (κ2) is 7.06. The van der Waals surface area contributed by atoms with Gasteiger partial charge in [-0.05, 0) is 25.0 Å². The minimum absolute atomic E-state index is 0.0149. The number of carbonyl (C=O) groups is 2. The summed E-state index contributed by atoms with van der Waals surface area (Å²) in [5.74, 6) is -0.780. The number of nitro groups is 1. The maximum atomic E-state index is 12.7. The highest BCUT2D eigenvalue weighted by Gasteiger charge is 2.32. The minimum Gasteiger partial charge on any atom is -0.502 e. The number of aromatic hydroxyl groups is 1. The third kappa shape index (κ3) is 3.55. The van der Waals surface area contributed by atoms with E-state index in [4.69, 9.17) is 0 Å². The highest BCUT2D eigenvalue weighted by molar-refractivity contribution is 5.95. The molecule has 2 saturated heterocycles. The first-order valence-corrected chi connectivity index (χ1v) is 8.24. The zero-order chi connectivity index (χ0) is 18.0. The number of nitro benzene ring substituents is 1. The van der Waals surface area contributed by atoms with Gasteiger partial charge in [0.2, 0.25) is 5.91 Å². The van der Waals surface area contributed by atoms with Crippen LogP contribution >= 0.6 is 0 Å². The number of amides is 2. The molecule has 9 heteroatoms. The monoisotopic (exact) mass is 348 g/mol. The number of nitrogens with zero attached hydrogens (tertiary/aromatic N) is 3. The molecule has 2 aliphatic heterocycles. The van der Waals surface area contributed by atoms with Crippen LogP contribution in [0.3, 0.4) is 0 Å². The predicted molar refractivity (Wildman–Crippen MR) is 88.3 cm³/mol. The molecule has 2 heterocycles. The predicted octanol–water partition coefficient (Wildman–Crippen LogP) is 0.337. The normalized spacial score (nSPS) is 21.3. The molecule has 1 atom stereocenters. The molecule has 0 spiro atoms. The van der Waals surface area contributed by atoms with Gasteiger partial charge in [-0.25, -0.2) is 0 Å². The molecule has 9 nitrogen and oxygen atoms in total. The summed E-state index contributed by atoms with van der Waals surface area (Å²) in [7, 11) is 0. The standard InChI is InChI=1S/C16H20N4O5/c21-14-8-11(3-4-13(14)20(24)25)16(23)18-6-1-2-12(10-18)19-7-5-17-9-15(19)22/h3-4,8,12,17,21H,1-2,5-7,9-10H2. The molecule has 134 valence electrons. The first-order chi connectivity index (χ1) is 12.0. The largest absolute Gasteiger partial charge is 0.502 e. The Morgan fingerprint density at radius 3 is 2.84 bits per heavy atom. The lowest BCUT2D eigenvalue weighted by atomic mass is 10.0. The van der Waals surface area contributed by atoms with Crippen LogP contribution in [0.1, 0.15) is 23.2 Å². The van der Waals surface area contributed by atoms with Crippen molar-refractivity contribution >= 4 is 17.5 Å². The summed E-state index contributed by atoms with van der Waals surface area (Å²) < 4.78 is 0. The average Bonchev–Trinajstić information content (AvgIpc) is 2.61. The van der Waals surface area contributed by atoms with Crippen LogP contribution in [0, 0.1) is 10.1 Å². The molecule has 2 fully saturated rings. The van der Waals surface area contributed by atoms with E-state index in [1.54, 1.807) is 4.90 Å². The Bertz CT molecular complexity index is 708. The number of likely N-dealkylation sites (tertiary alicyclic amines) is 1. The van der Waals surface area contributed by atoms with Crippen molar-refractivity contribution in [2.45, 2.75) is 18.9 Å². The molecular weight excluding hydrogens is 328 g/mol. The van der Waals surface area contributed by atoms with Crippen LogP contribution in [0.5, 0.6) is 5.75 Å². The van der Waals surface area contributed by atoms with Crippen LogP contribution in [0.25, 0.3) is 0 Å². The zero-order valence-corrected chi connectivity index (χ0v) is 13.7. The average molecular weight is 348 g/mol. The Morgan fingerprint density at radius 2 is 2.16 bits per heavy atom. The number of hydrogen-bond acceptors (Lipinski definition) is 6. The van der Waals surface area contributed by atoms with Crippen molar-refractivity contribution in [3.05, 3.63) is 33.9 Å². The molecular formula is C16H20N4O5. The van der Waals surface area contributed by atoms with E-state index >= 15 is 0 Å². The molecule has 0 saturated carbocycles. The second-order valence-electron chi connectivity index (χ2n) is 6.27. The first-order valence-electron chi connectivity index (χ1n) is 8.24. The van der Waals surface area contributed by atoms with Crippen molar-refractivity contribution in [2.24, 2.45) is 0 Å². The number of rotatable bonds is 3. The Morgan fingerprint density at radius 1 is 1.36 bits per heavy atom. The lowest BCUT2D eigenvalue weighted by Crippen LogP contribution is -2.57. The lowest BCUT2D eigenvalue weighted by Gasteiger charge is -2.41. The van der Waals surface area contributed by atoms with Crippen LogP contribution < -0.4 is 5.32 Å². The molecule has 0 aliphatic carbocycles. The number of benzene rings is 1. The summed E-state index contributed by atoms with van der Waals surface area (Å²) in [4.78, 5) is 38.3. The summed E-state index contributed by atoms with van der Waals surface area (Å²) >= 11 is 0. The topological polar surface area (TPSA) is 116 Å². The molecule has 0 aromatic heterocycles. The van der Waals surface area contributed by atoms with Crippen LogP contribution in [-0.2, 0) is 4.79 Å². The van der Waals surface area contributed by atoms with Crippen LogP contribution in [-0.4, -0.2) is 70.4 Å². The van der Waals surface area contributed by atoms with Gasteiger partial charge < -0.3 is 20.2 Å². The summed E-state index contributed by atoms with van der Waals surface area (Å²) in [5.41, 5.74) is -0.227. The second-order valence-corrected chi connectivity index (χ2v) is 6.27.